The zero-order chi connectivity index (χ0) is 17.7. The number of benzene rings is 1. The maximum Gasteiger partial charge on any atom is 0.416 e. The van der Waals surface area contributed by atoms with Crippen molar-refractivity contribution >= 4 is 12.0 Å². The molecule has 0 bridgehead atoms. The lowest BCUT2D eigenvalue weighted by Gasteiger charge is -2.29. The normalized spacial score (nSPS) is 21.9. The first-order valence-electron chi connectivity index (χ1n) is 7.91. The molecule has 1 fully saturated rings. The minimum absolute atomic E-state index is 0.0376. The fourth-order valence-corrected chi connectivity index (χ4v) is 2.86. The van der Waals surface area contributed by atoms with E-state index in [2.05, 4.69) is 12.2 Å². The molecule has 2 atom stereocenters. The van der Waals surface area contributed by atoms with Gasteiger partial charge >= 0.3 is 6.18 Å². The van der Waals surface area contributed by atoms with Crippen molar-refractivity contribution in [3.05, 3.63) is 41.0 Å². The first-order valence-corrected chi connectivity index (χ1v) is 7.91. The van der Waals surface area contributed by atoms with Crippen molar-refractivity contribution in [2.75, 3.05) is 0 Å². The van der Waals surface area contributed by atoms with Crippen molar-refractivity contribution in [2.45, 2.75) is 44.8 Å². The molecule has 0 heterocycles. The monoisotopic (exact) mass is 336 g/mol. The second-order valence-corrected chi connectivity index (χ2v) is 6.13. The van der Waals surface area contributed by atoms with Crippen molar-refractivity contribution in [3.8, 4) is 6.07 Å². The number of carbonyl (C=O) groups is 1. The molecule has 0 unspecified atom stereocenters. The van der Waals surface area contributed by atoms with Crippen LogP contribution in [0.1, 0.15) is 43.7 Å². The van der Waals surface area contributed by atoms with Crippen LogP contribution in [0.15, 0.2) is 29.8 Å². The number of hydrogen-bond acceptors (Lipinski definition) is 2. The molecule has 0 aromatic heterocycles. The van der Waals surface area contributed by atoms with Gasteiger partial charge < -0.3 is 5.32 Å². The number of halogens is 3. The number of nitriles is 1. The molecule has 1 aliphatic rings. The highest BCUT2D eigenvalue weighted by atomic mass is 19.4. The lowest BCUT2D eigenvalue weighted by atomic mass is 9.86. The van der Waals surface area contributed by atoms with Gasteiger partial charge in [0.15, 0.2) is 0 Å². The summed E-state index contributed by atoms with van der Waals surface area (Å²) in [5.41, 5.74) is -0.488. The van der Waals surface area contributed by atoms with Crippen LogP contribution in [-0.2, 0) is 11.0 Å². The number of nitrogens with one attached hydrogen (secondary N) is 1. The Morgan fingerprint density at radius 3 is 2.42 bits per heavy atom. The Morgan fingerprint density at radius 1 is 1.25 bits per heavy atom. The Labute approximate surface area is 139 Å². The molecule has 24 heavy (non-hydrogen) atoms. The highest BCUT2D eigenvalue weighted by Crippen LogP contribution is 2.29. The van der Waals surface area contributed by atoms with Gasteiger partial charge in [0.25, 0.3) is 5.91 Å². The maximum atomic E-state index is 12.5. The minimum Gasteiger partial charge on any atom is -0.348 e. The second kappa shape index (κ2) is 7.52. The van der Waals surface area contributed by atoms with Gasteiger partial charge in [-0.3, -0.25) is 4.79 Å². The molecule has 1 aromatic rings. The summed E-state index contributed by atoms with van der Waals surface area (Å²) >= 11 is 0. The Bertz CT molecular complexity index is 656. The summed E-state index contributed by atoms with van der Waals surface area (Å²) in [6.45, 7) is 2.07. The first-order chi connectivity index (χ1) is 11.3. The molecule has 3 nitrogen and oxygen atoms in total. The van der Waals surface area contributed by atoms with Crippen LogP contribution in [-0.4, -0.2) is 11.9 Å². The molecule has 0 spiro atoms. The molecule has 1 N–H and O–H groups in total. The number of amides is 1. The number of hydrogen-bond donors (Lipinski definition) is 1. The van der Waals surface area contributed by atoms with E-state index in [0.29, 0.717) is 11.5 Å². The first kappa shape index (κ1) is 18.1. The van der Waals surface area contributed by atoms with E-state index >= 15 is 0 Å². The van der Waals surface area contributed by atoms with Crippen LogP contribution in [0.4, 0.5) is 13.2 Å². The zero-order valence-electron chi connectivity index (χ0n) is 13.4. The van der Waals surface area contributed by atoms with E-state index in [-0.39, 0.29) is 11.6 Å². The van der Waals surface area contributed by atoms with Crippen molar-refractivity contribution in [3.63, 3.8) is 0 Å². The summed E-state index contributed by atoms with van der Waals surface area (Å²) in [6.07, 6.45) is 0.999. The van der Waals surface area contributed by atoms with Gasteiger partial charge in [0.1, 0.15) is 11.6 Å². The third-order valence-corrected chi connectivity index (χ3v) is 4.34. The lowest BCUT2D eigenvalue weighted by molar-refractivity contribution is -0.137. The van der Waals surface area contributed by atoms with Crippen LogP contribution in [0, 0.1) is 17.2 Å². The van der Waals surface area contributed by atoms with Crippen LogP contribution in [0.5, 0.6) is 0 Å². The van der Waals surface area contributed by atoms with Gasteiger partial charge in [-0.2, -0.15) is 18.4 Å². The molecule has 0 aliphatic heterocycles. The SMILES string of the molecule is C[C@H]1CCCC[C@@H]1NC(=O)/C(C#N)=C/c1ccc(C(F)(F)F)cc1. The van der Waals surface area contributed by atoms with E-state index in [1.807, 2.05) is 6.07 Å². The molecule has 1 saturated carbocycles. The standard InChI is InChI=1S/C18H19F3N2O/c1-12-4-2-3-5-16(12)23-17(24)14(11-22)10-13-6-8-15(9-7-13)18(19,20)21/h6-10,12,16H,2-5H2,1H3,(H,23,24)/b14-10+/t12-,16-/m0/s1. The molecule has 6 heteroatoms. The fourth-order valence-electron chi connectivity index (χ4n) is 2.86. The quantitative estimate of drug-likeness (QED) is 0.661. The number of nitrogens with zero attached hydrogens (tertiary/aromatic N) is 1. The lowest BCUT2D eigenvalue weighted by Crippen LogP contribution is -2.41. The van der Waals surface area contributed by atoms with Crippen LogP contribution in [0.25, 0.3) is 6.08 Å². The zero-order valence-corrected chi connectivity index (χ0v) is 13.4. The topological polar surface area (TPSA) is 52.9 Å². The molecule has 1 aromatic carbocycles. The van der Waals surface area contributed by atoms with Gasteiger partial charge in [-0.15, -0.1) is 0 Å². The van der Waals surface area contributed by atoms with Crippen LogP contribution in [0.3, 0.4) is 0 Å². The molecular formula is C18H19F3N2O. The molecule has 128 valence electrons. The van der Waals surface area contributed by atoms with E-state index in [4.69, 9.17) is 0 Å². The van der Waals surface area contributed by atoms with Crippen molar-refractivity contribution in [1.82, 2.24) is 5.32 Å². The Balaban J connectivity index is 2.11. The van der Waals surface area contributed by atoms with Crippen LogP contribution in [0.2, 0.25) is 0 Å². The van der Waals surface area contributed by atoms with E-state index in [1.54, 1.807) is 0 Å². The van der Waals surface area contributed by atoms with Gasteiger partial charge in [0, 0.05) is 6.04 Å². The second-order valence-electron chi connectivity index (χ2n) is 6.13. The van der Waals surface area contributed by atoms with Crippen molar-refractivity contribution in [2.24, 2.45) is 5.92 Å². The summed E-state index contributed by atoms with van der Waals surface area (Å²) in [5.74, 6) is -0.121. The van der Waals surface area contributed by atoms with E-state index in [1.165, 1.54) is 18.2 Å². The molecule has 1 amide bonds. The number of alkyl halides is 3. The Kier molecular flexibility index (Phi) is 5.66. The summed E-state index contributed by atoms with van der Waals surface area (Å²) in [7, 11) is 0. The third-order valence-electron chi connectivity index (χ3n) is 4.34. The Hall–Kier alpha value is -2.29. The van der Waals surface area contributed by atoms with Crippen molar-refractivity contribution in [1.29, 1.82) is 5.26 Å². The summed E-state index contributed by atoms with van der Waals surface area (Å²) in [6, 6.07) is 6.22. The van der Waals surface area contributed by atoms with Crippen molar-refractivity contribution < 1.29 is 18.0 Å². The Morgan fingerprint density at radius 2 is 1.88 bits per heavy atom. The van der Waals surface area contributed by atoms with Gasteiger partial charge in [0.2, 0.25) is 0 Å². The molecule has 2 rings (SSSR count). The van der Waals surface area contributed by atoms with Crippen LogP contribution >= 0.6 is 0 Å². The predicted molar refractivity (Wildman–Crippen MR) is 84.6 cm³/mol. The van der Waals surface area contributed by atoms with Gasteiger partial charge in [0.05, 0.1) is 5.56 Å². The van der Waals surface area contributed by atoms with Gasteiger partial charge in [-0.05, 0) is 42.5 Å². The summed E-state index contributed by atoms with van der Waals surface area (Å²) in [5, 5.41) is 12.0. The molecule has 0 saturated heterocycles. The summed E-state index contributed by atoms with van der Waals surface area (Å²) in [4.78, 5) is 12.2. The average molecular weight is 336 g/mol. The van der Waals surface area contributed by atoms with Crippen LogP contribution < -0.4 is 5.32 Å². The van der Waals surface area contributed by atoms with E-state index in [0.717, 1.165) is 37.8 Å². The third kappa shape index (κ3) is 4.60. The minimum atomic E-state index is -4.41. The summed E-state index contributed by atoms with van der Waals surface area (Å²) < 4.78 is 37.6. The maximum absolute atomic E-state index is 12.5. The van der Waals surface area contributed by atoms with Gasteiger partial charge in [-0.1, -0.05) is 31.9 Å². The number of carbonyl (C=O) groups excluding carboxylic acids is 1. The molecular weight excluding hydrogens is 317 g/mol. The highest BCUT2D eigenvalue weighted by Gasteiger charge is 2.30. The average Bonchev–Trinajstić information content (AvgIpc) is 2.54. The predicted octanol–water partition coefficient (Wildman–Crippen LogP) is 4.31. The van der Waals surface area contributed by atoms with E-state index in [9.17, 15) is 23.2 Å². The largest absolute Gasteiger partial charge is 0.416 e. The van der Waals surface area contributed by atoms with Gasteiger partial charge in [-0.25, -0.2) is 0 Å². The molecule has 0 radical (unpaired) electrons. The molecule has 1 aliphatic carbocycles. The number of rotatable bonds is 3. The van der Waals surface area contributed by atoms with E-state index < -0.39 is 17.6 Å². The highest BCUT2D eigenvalue weighted by molar-refractivity contribution is 6.01. The smallest absolute Gasteiger partial charge is 0.348 e. The fraction of sp³-hybridized carbons (Fsp3) is 0.444.